The van der Waals surface area contributed by atoms with Crippen molar-refractivity contribution in [1.82, 2.24) is 15.1 Å². The van der Waals surface area contributed by atoms with Crippen molar-refractivity contribution in [2.45, 2.75) is 6.54 Å². The van der Waals surface area contributed by atoms with Crippen LogP contribution in [0.15, 0.2) is 18.2 Å². The fraction of sp³-hybridized carbons (Fsp3) is 0.533. The van der Waals surface area contributed by atoms with E-state index >= 15 is 0 Å². The molecule has 0 saturated carbocycles. The normalized spacial score (nSPS) is 15.9. The van der Waals surface area contributed by atoms with Crippen molar-refractivity contribution in [3.63, 3.8) is 0 Å². The summed E-state index contributed by atoms with van der Waals surface area (Å²) in [7, 11) is 1.65. The zero-order valence-electron chi connectivity index (χ0n) is 12.6. The van der Waals surface area contributed by atoms with Crippen LogP contribution in [0, 0.1) is 11.6 Å². The molecule has 1 aliphatic rings. The van der Waals surface area contributed by atoms with Crippen molar-refractivity contribution in [1.29, 1.82) is 0 Å². The molecule has 1 aliphatic heterocycles. The van der Waals surface area contributed by atoms with Crippen LogP contribution in [-0.2, 0) is 11.3 Å². The average molecular weight is 329 g/mol. The largest absolute Gasteiger partial charge is 0.383 e. The third-order valence-corrected chi connectivity index (χ3v) is 4.07. The maximum Gasteiger partial charge on any atom is 0.169 e. The van der Waals surface area contributed by atoms with Gasteiger partial charge in [-0.25, -0.2) is 8.78 Å². The molecule has 0 amide bonds. The predicted molar refractivity (Wildman–Crippen MR) is 85.7 cm³/mol. The lowest BCUT2D eigenvalue weighted by atomic mass is 10.2. The Labute approximate surface area is 135 Å². The van der Waals surface area contributed by atoms with Crippen LogP contribution >= 0.6 is 12.2 Å². The number of ether oxygens (including phenoxy) is 1. The lowest BCUT2D eigenvalue weighted by molar-refractivity contribution is 0.170. The summed E-state index contributed by atoms with van der Waals surface area (Å²) in [4.78, 5) is 4.19. The van der Waals surface area contributed by atoms with Gasteiger partial charge in [-0.1, -0.05) is 12.1 Å². The van der Waals surface area contributed by atoms with E-state index in [9.17, 15) is 8.78 Å². The van der Waals surface area contributed by atoms with E-state index in [4.69, 9.17) is 17.0 Å². The summed E-state index contributed by atoms with van der Waals surface area (Å²) in [6.07, 6.45) is 0. The van der Waals surface area contributed by atoms with Gasteiger partial charge >= 0.3 is 0 Å². The van der Waals surface area contributed by atoms with Gasteiger partial charge in [0.05, 0.1) is 6.61 Å². The molecule has 4 nitrogen and oxygen atoms in total. The average Bonchev–Trinajstić information content (AvgIpc) is 2.53. The minimum absolute atomic E-state index is 0.397. The van der Waals surface area contributed by atoms with Gasteiger partial charge in [-0.3, -0.25) is 4.90 Å². The number of methoxy groups -OCH3 is 1. The lowest BCUT2D eigenvalue weighted by Crippen LogP contribution is -2.51. The van der Waals surface area contributed by atoms with Crippen LogP contribution in [0.25, 0.3) is 0 Å². The molecule has 2 rings (SSSR count). The second-order valence-corrected chi connectivity index (χ2v) is 5.59. The third kappa shape index (κ3) is 4.59. The molecule has 0 radical (unpaired) electrons. The SMILES string of the molecule is COCCNC(=S)N1CCN(Cc2cccc(F)c2F)CC1. The van der Waals surface area contributed by atoms with Gasteiger partial charge in [0.25, 0.3) is 0 Å². The molecule has 1 aromatic rings. The molecule has 1 saturated heterocycles. The van der Waals surface area contributed by atoms with Gasteiger partial charge in [-0.05, 0) is 18.3 Å². The highest BCUT2D eigenvalue weighted by molar-refractivity contribution is 7.80. The highest BCUT2D eigenvalue weighted by Crippen LogP contribution is 2.15. The van der Waals surface area contributed by atoms with Gasteiger partial charge < -0.3 is 15.0 Å². The van der Waals surface area contributed by atoms with E-state index in [1.165, 1.54) is 0 Å². The summed E-state index contributed by atoms with van der Waals surface area (Å²) < 4.78 is 31.9. The van der Waals surface area contributed by atoms with Gasteiger partial charge in [0.1, 0.15) is 0 Å². The molecule has 7 heteroatoms. The second kappa shape index (κ2) is 8.36. The number of rotatable bonds is 5. The van der Waals surface area contributed by atoms with Crippen molar-refractivity contribution in [2.75, 3.05) is 46.4 Å². The lowest BCUT2D eigenvalue weighted by Gasteiger charge is -2.36. The minimum atomic E-state index is -0.792. The van der Waals surface area contributed by atoms with Crippen LogP contribution in [0.3, 0.4) is 0 Å². The molecule has 1 fully saturated rings. The number of piperazine rings is 1. The molecule has 0 aliphatic carbocycles. The molecule has 1 aromatic carbocycles. The van der Waals surface area contributed by atoms with Gasteiger partial charge in [0, 0.05) is 51.9 Å². The number of benzene rings is 1. The van der Waals surface area contributed by atoms with Gasteiger partial charge in [0.15, 0.2) is 16.7 Å². The highest BCUT2D eigenvalue weighted by atomic mass is 32.1. The van der Waals surface area contributed by atoms with Crippen LogP contribution in [0.1, 0.15) is 5.56 Å². The Morgan fingerprint density at radius 1 is 1.27 bits per heavy atom. The number of hydrogen-bond donors (Lipinski definition) is 1. The molecule has 122 valence electrons. The zero-order chi connectivity index (χ0) is 15.9. The van der Waals surface area contributed by atoms with Crippen LogP contribution < -0.4 is 5.32 Å². The summed E-state index contributed by atoms with van der Waals surface area (Å²) >= 11 is 5.32. The molecular weight excluding hydrogens is 308 g/mol. The summed E-state index contributed by atoms with van der Waals surface area (Å²) in [5.74, 6) is -1.54. The van der Waals surface area contributed by atoms with Gasteiger partial charge in [-0.2, -0.15) is 0 Å². The van der Waals surface area contributed by atoms with Gasteiger partial charge in [-0.15, -0.1) is 0 Å². The molecule has 0 bridgehead atoms. The Morgan fingerprint density at radius 2 is 2.00 bits per heavy atom. The summed E-state index contributed by atoms with van der Waals surface area (Å²) in [5.41, 5.74) is 0.397. The quantitative estimate of drug-likeness (QED) is 0.654. The van der Waals surface area contributed by atoms with Crippen LogP contribution in [0.2, 0.25) is 0 Å². The van der Waals surface area contributed by atoms with E-state index in [2.05, 4.69) is 15.1 Å². The first kappa shape index (κ1) is 17.1. The van der Waals surface area contributed by atoms with E-state index < -0.39 is 11.6 Å². The summed E-state index contributed by atoms with van der Waals surface area (Å²) in [5, 5.41) is 3.85. The highest BCUT2D eigenvalue weighted by Gasteiger charge is 2.20. The molecule has 0 atom stereocenters. The standard InChI is InChI=1S/C15H21F2N3OS/c1-21-10-5-18-15(22)20-8-6-19(7-9-20)11-12-3-2-4-13(16)14(12)17/h2-4H,5-11H2,1H3,(H,18,22). The summed E-state index contributed by atoms with van der Waals surface area (Å²) in [6, 6.07) is 4.31. The molecule has 0 aromatic heterocycles. The zero-order valence-corrected chi connectivity index (χ0v) is 13.5. The Hall–Kier alpha value is -1.31. The summed E-state index contributed by atoms with van der Waals surface area (Å²) in [6.45, 7) is 4.79. The van der Waals surface area contributed by atoms with E-state index in [1.807, 2.05) is 0 Å². The van der Waals surface area contributed by atoms with Crippen molar-refractivity contribution >= 4 is 17.3 Å². The Kier molecular flexibility index (Phi) is 6.48. The topological polar surface area (TPSA) is 27.7 Å². The van der Waals surface area contributed by atoms with Gasteiger partial charge in [0.2, 0.25) is 0 Å². The molecule has 22 heavy (non-hydrogen) atoms. The van der Waals surface area contributed by atoms with Crippen LogP contribution in [-0.4, -0.2) is 61.4 Å². The Morgan fingerprint density at radius 3 is 2.68 bits per heavy atom. The maximum atomic E-state index is 13.7. The fourth-order valence-electron chi connectivity index (χ4n) is 2.39. The Balaban J connectivity index is 1.80. The number of hydrogen-bond acceptors (Lipinski definition) is 3. The third-order valence-electron chi connectivity index (χ3n) is 3.67. The van der Waals surface area contributed by atoms with Crippen LogP contribution in [0.5, 0.6) is 0 Å². The number of halogens is 2. The predicted octanol–water partition coefficient (Wildman–Crippen LogP) is 1.60. The monoisotopic (exact) mass is 329 g/mol. The fourth-order valence-corrected chi connectivity index (χ4v) is 2.68. The van der Waals surface area contributed by atoms with Crippen molar-refractivity contribution in [2.24, 2.45) is 0 Å². The van der Waals surface area contributed by atoms with E-state index in [0.717, 1.165) is 32.2 Å². The number of thiocarbonyl (C=S) groups is 1. The smallest absolute Gasteiger partial charge is 0.169 e. The molecule has 0 unspecified atom stereocenters. The molecular formula is C15H21F2N3OS. The number of nitrogens with zero attached hydrogens (tertiary/aromatic N) is 2. The van der Waals surface area contributed by atoms with E-state index in [-0.39, 0.29) is 0 Å². The Bertz CT molecular complexity index is 508. The molecule has 0 spiro atoms. The first-order valence-electron chi connectivity index (χ1n) is 7.28. The molecule has 1 N–H and O–H groups in total. The first-order valence-corrected chi connectivity index (χ1v) is 7.69. The molecule has 1 heterocycles. The minimum Gasteiger partial charge on any atom is -0.383 e. The van der Waals surface area contributed by atoms with Crippen molar-refractivity contribution < 1.29 is 13.5 Å². The first-order chi connectivity index (χ1) is 10.6. The van der Waals surface area contributed by atoms with Crippen molar-refractivity contribution in [3.8, 4) is 0 Å². The van der Waals surface area contributed by atoms with E-state index in [1.54, 1.807) is 19.2 Å². The van der Waals surface area contributed by atoms with Crippen LogP contribution in [0.4, 0.5) is 8.78 Å². The number of nitrogens with one attached hydrogen (secondary N) is 1. The van der Waals surface area contributed by atoms with Crippen molar-refractivity contribution in [3.05, 3.63) is 35.4 Å². The van der Waals surface area contributed by atoms with E-state index in [0.29, 0.717) is 30.4 Å². The maximum absolute atomic E-state index is 13.7. The second-order valence-electron chi connectivity index (χ2n) is 5.20.